The molecular formula is C24H18O4. The van der Waals surface area contributed by atoms with Crippen molar-refractivity contribution in [3.05, 3.63) is 95.1 Å². The summed E-state index contributed by atoms with van der Waals surface area (Å²) in [5.41, 5.74) is 2.55. The van der Waals surface area contributed by atoms with Crippen LogP contribution < -0.4 is 0 Å². The van der Waals surface area contributed by atoms with E-state index in [1.807, 2.05) is 74.5 Å². The molecule has 0 N–H and O–H groups in total. The van der Waals surface area contributed by atoms with Crippen molar-refractivity contribution in [2.45, 2.75) is 13.8 Å². The van der Waals surface area contributed by atoms with E-state index in [2.05, 4.69) is 0 Å². The second-order valence-electron chi connectivity index (χ2n) is 6.81. The standard InChI is InChI=1S/C24H18O4/c1-15-11-17-7-3-5-9-19(17)21(13-15)23(25)27-28-24(26)22-14-16(2)12-18-8-4-6-10-20(18)22/h3-14H,1-2H3. The van der Waals surface area contributed by atoms with Crippen LogP contribution in [0.15, 0.2) is 72.8 Å². The predicted octanol–water partition coefficient (Wildman–Crippen LogP) is 5.54. The smallest absolute Gasteiger partial charge is 0.241 e. The van der Waals surface area contributed by atoms with Crippen LogP contribution in [0.4, 0.5) is 0 Å². The van der Waals surface area contributed by atoms with Gasteiger partial charge in [0.2, 0.25) is 0 Å². The molecule has 138 valence electrons. The maximum atomic E-state index is 12.6. The molecule has 0 amide bonds. The van der Waals surface area contributed by atoms with Crippen LogP contribution in [0, 0.1) is 13.8 Å². The van der Waals surface area contributed by atoms with Gasteiger partial charge in [-0.2, -0.15) is 0 Å². The van der Waals surface area contributed by atoms with Crippen molar-refractivity contribution in [1.29, 1.82) is 0 Å². The molecule has 0 aromatic heterocycles. The Morgan fingerprint density at radius 1 is 0.607 bits per heavy atom. The van der Waals surface area contributed by atoms with Gasteiger partial charge in [-0.25, -0.2) is 19.4 Å². The summed E-state index contributed by atoms with van der Waals surface area (Å²) in [6.45, 7) is 3.79. The summed E-state index contributed by atoms with van der Waals surface area (Å²) in [7, 11) is 0. The summed E-state index contributed by atoms with van der Waals surface area (Å²) in [5, 5.41) is 3.33. The molecule has 4 nitrogen and oxygen atoms in total. The van der Waals surface area contributed by atoms with Crippen LogP contribution in [0.2, 0.25) is 0 Å². The van der Waals surface area contributed by atoms with E-state index in [9.17, 15) is 9.59 Å². The molecule has 0 aliphatic carbocycles. The van der Waals surface area contributed by atoms with Crippen LogP contribution in [0.1, 0.15) is 31.8 Å². The van der Waals surface area contributed by atoms with Gasteiger partial charge < -0.3 is 0 Å². The Morgan fingerprint density at radius 3 is 1.43 bits per heavy atom. The van der Waals surface area contributed by atoms with Crippen molar-refractivity contribution >= 4 is 33.5 Å². The van der Waals surface area contributed by atoms with E-state index in [-0.39, 0.29) is 0 Å². The van der Waals surface area contributed by atoms with Gasteiger partial charge >= 0.3 is 11.9 Å². The molecule has 0 fully saturated rings. The number of aryl methyl sites for hydroxylation is 2. The Balaban J connectivity index is 1.61. The lowest BCUT2D eigenvalue weighted by Gasteiger charge is -2.09. The van der Waals surface area contributed by atoms with E-state index in [0.29, 0.717) is 11.1 Å². The average Bonchev–Trinajstić information content (AvgIpc) is 2.70. The molecule has 0 aliphatic heterocycles. The SMILES string of the molecule is Cc1cc(C(=O)OOC(=O)c2cc(C)cc3ccccc23)c2ccccc2c1. The van der Waals surface area contributed by atoms with E-state index in [1.165, 1.54) is 0 Å². The summed E-state index contributed by atoms with van der Waals surface area (Å²) in [6.07, 6.45) is 0. The van der Waals surface area contributed by atoms with Crippen LogP contribution >= 0.6 is 0 Å². The number of hydrogen-bond donors (Lipinski definition) is 0. The molecule has 0 saturated carbocycles. The third kappa shape index (κ3) is 3.32. The van der Waals surface area contributed by atoms with Gasteiger partial charge in [-0.15, -0.1) is 0 Å². The molecule has 28 heavy (non-hydrogen) atoms. The Labute approximate surface area is 162 Å². The molecule has 4 heteroatoms. The monoisotopic (exact) mass is 370 g/mol. The maximum Gasteiger partial charge on any atom is 0.386 e. The van der Waals surface area contributed by atoms with Gasteiger partial charge in [0.15, 0.2) is 0 Å². The fourth-order valence-electron chi connectivity index (χ4n) is 3.42. The molecule has 4 rings (SSSR count). The highest BCUT2D eigenvalue weighted by Gasteiger charge is 2.19. The van der Waals surface area contributed by atoms with Crippen LogP contribution in [0.5, 0.6) is 0 Å². The van der Waals surface area contributed by atoms with Gasteiger partial charge in [-0.05, 0) is 58.7 Å². The number of carbonyl (C=O) groups excluding carboxylic acids is 2. The minimum atomic E-state index is -0.704. The van der Waals surface area contributed by atoms with E-state index in [1.54, 1.807) is 12.1 Å². The van der Waals surface area contributed by atoms with Crippen molar-refractivity contribution in [1.82, 2.24) is 0 Å². The first-order valence-electron chi connectivity index (χ1n) is 8.95. The second kappa shape index (κ2) is 7.16. The minimum absolute atomic E-state index is 0.359. The zero-order valence-corrected chi connectivity index (χ0v) is 15.6. The Hall–Kier alpha value is -3.66. The number of fused-ring (bicyclic) bond motifs is 2. The largest absolute Gasteiger partial charge is 0.386 e. The van der Waals surface area contributed by atoms with Gasteiger partial charge in [0.25, 0.3) is 0 Å². The van der Waals surface area contributed by atoms with Gasteiger partial charge in [-0.1, -0.05) is 60.7 Å². The summed E-state index contributed by atoms with van der Waals surface area (Å²) in [5.74, 6) is -1.41. The van der Waals surface area contributed by atoms with Gasteiger partial charge in [0, 0.05) is 0 Å². The zero-order valence-electron chi connectivity index (χ0n) is 15.6. The normalized spacial score (nSPS) is 10.8. The third-order valence-electron chi connectivity index (χ3n) is 4.65. The number of hydrogen-bond acceptors (Lipinski definition) is 4. The van der Waals surface area contributed by atoms with Crippen molar-refractivity contribution in [2.24, 2.45) is 0 Å². The average molecular weight is 370 g/mol. The van der Waals surface area contributed by atoms with Gasteiger partial charge in [0.1, 0.15) is 0 Å². The quantitative estimate of drug-likeness (QED) is 0.343. The molecule has 4 aromatic carbocycles. The van der Waals surface area contributed by atoms with Crippen LogP contribution in [0.25, 0.3) is 21.5 Å². The highest BCUT2D eigenvalue weighted by molar-refractivity contribution is 6.06. The van der Waals surface area contributed by atoms with E-state index >= 15 is 0 Å². The molecular weight excluding hydrogens is 352 g/mol. The molecule has 0 saturated heterocycles. The van der Waals surface area contributed by atoms with E-state index < -0.39 is 11.9 Å². The lowest BCUT2D eigenvalue weighted by Crippen LogP contribution is -2.13. The van der Waals surface area contributed by atoms with E-state index in [4.69, 9.17) is 9.78 Å². The van der Waals surface area contributed by atoms with Gasteiger partial charge in [0.05, 0.1) is 11.1 Å². The highest BCUT2D eigenvalue weighted by Crippen LogP contribution is 2.24. The predicted molar refractivity (Wildman–Crippen MR) is 108 cm³/mol. The Bertz CT molecular complexity index is 1130. The molecule has 0 unspecified atom stereocenters. The summed E-state index contributed by atoms with van der Waals surface area (Å²) < 4.78 is 0. The first kappa shape index (κ1) is 17.7. The third-order valence-corrected chi connectivity index (χ3v) is 4.65. The van der Waals surface area contributed by atoms with Crippen LogP contribution in [-0.4, -0.2) is 11.9 Å². The molecule has 0 heterocycles. The lowest BCUT2D eigenvalue weighted by molar-refractivity contribution is -0.187. The van der Waals surface area contributed by atoms with E-state index in [0.717, 1.165) is 32.7 Å². The number of benzene rings is 4. The lowest BCUT2D eigenvalue weighted by atomic mass is 10.0. The zero-order chi connectivity index (χ0) is 19.7. The highest BCUT2D eigenvalue weighted by atomic mass is 17.2. The minimum Gasteiger partial charge on any atom is -0.241 e. The first-order valence-corrected chi connectivity index (χ1v) is 8.95. The molecule has 0 atom stereocenters. The Morgan fingerprint density at radius 2 is 1.00 bits per heavy atom. The van der Waals surface area contributed by atoms with Gasteiger partial charge in [-0.3, -0.25) is 0 Å². The van der Waals surface area contributed by atoms with Crippen LogP contribution in [-0.2, 0) is 9.78 Å². The molecule has 0 radical (unpaired) electrons. The fraction of sp³-hybridized carbons (Fsp3) is 0.0833. The summed E-state index contributed by atoms with van der Waals surface area (Å²) in [6, 6.07) is 22.4. The fourth-order valence-corrected chi connectivity index (χ4v) is 3.42. The van der Waals surface area contributed by atoms with Crippen molar-refractivity contribution < 1.29 is 19.4 Å². The maximum absolute atomic E-state index is 12.6. The van der Waals surface area contributed by atoms with Crippen molar-refractivity contribution in [3.8, 4) is 0 Å². The summed E-state index contributed by atoms with van der Waals surface area (Å²) >= 11 is 0. The molecule has 4 aromatic rings. The molecule has 0 bridgehead atoms. The van der Waals surface area contributed by atoms with Crippen molar-refractivity contribution in [2.75, 3.05) is 0 Å². The number of carbonyl (C=O) groups is 2. The summed E-state index contributed by atoms with van der Waals surface area (Å²) in [4.78, 5) is 35.0. The Kier molecular flexibility index (Phi) is 4.53. The topological polar surface area (TPSA) is 52.6 Å². The first-order chi connectivity index (χ1) is 13.5. The molecule has 0 spiro atoms. The second-order valence-corrected chi connectivity index (χ2v) is 6.81. The van der Waals surface area contributed by atoms with Crippen molar-refractivity contribution in [3.63, 3.8) is 0 Å². The molecule has 0 aliphatic rings. The van der Waals surface area contributed by atoms with Crippen LogP contribution in [0.3, 0.4) is 0 Å². The number of rotatable bonds is 2.